The maximum atomic E-state index is 16.8. The van der Waals surface area contributed by atoms with E-state index < -0.39 is 11.6 Å². The molecule has 0 spiro atoms. The van der Waals surface area contributed by atoms with E-state index in [4.69, 9.17) is 0 Å². The number of hydrogen-bond acceptors (Lipinski definition) is 13. The molecule has 0 fully saturated rings. The van der Waals surface area contributed by atoms with E-state index in [2.05, 4.69) is 109 Å². The van der Waals surface area contributed by atoms with Crippen LogP contribution in [0.3, 0.4) is 0 Å². The van der Waals surface area contributed by atoms with Crippen LogP contribution in [0.2, 0.25) is 0 Å². The van der Waals surface area contributed by atoms with Crippen molar-refractivity contribution in [3.63, 3.8) is 0 Å². The van der Waals surface area contributed by atoms with Crippen LogP contribution in [0, 0.1) is 37.3 Å². The highest BCUT2D eigenvalue weighted by Gasteiger charge is 2.50. The van der Waals surface area contributed by atoms with E-state index in [1.54, 1.807) is 68.0 Å². The lowest BCUT2D eigenvalue weighted by atomic mass is 9.93. The van der Waals surface area contributed by atoms with Crippen molar-refractivity contribution >= 4 is 155 Å². The van der Waals surface area contributed by atoms with Crippen LogP contribution in [0.4, 0.5) is 8.78 Å². The number of benzene rings is 1. The summed E-state index contributed by atoms with van der Waals surface area (Å²) in [6.45, 7) is 14.7. The first-order chi connectivity index (χ1) is 52.4. The zero-order valence-corrected chi connectivity index (χ0v) is 72.2. The van der Waals surface area contributed by atoms with E-state index in [-0.39, 0.29) is 22.9 Å². The van der Waals surface area contributed by atoms with Crippen LogP contribution < -0.4 is 0 Å². The summed E-state index contributed by atoms with van der Waals surface area (Å²) in [5.74, 6) is -1.11. The summed E-state index contributed by atoms with van der Waals surface area (Å²) in [5, 5.41) is 0. The zero-order valence-electron chi connectivity index (χ0n) is 64.8. The minimum atomic E-state index is -0.903. The Labute approximate surface area is 675 Å². The number of amides is 2. The molecule has 2 aliphatic rings. The Morgan fingerprint density at radius 1 is 0.318 bits per heavy atom. The van der Waals surface area contributed by atoms with Gasteiger partial charge in [-0.1, -0.05) is 259 Å². The molecule has 10 aromatic rings. The second kappa shape index (κ2) is 41.8. The largest absolute Gasteiger partial charge is 0.306 e. The van der Waals surface area contributed by atoms with Crippen molar-refractivity contribution in [2.45, 2.75) is 298 Å². The highest BCUT2D eigenvalue weighted by Crippen LogP contribution is 2.54. The van der Waals surface area contributed by atoms with Gasteiger partial charge < -0.3 is 9.80 Å². The summed E-state index contributed by atoms with van der Waals surface area (Å²) in [6.07, 6.45) is 50.8. The number of unbranched alkanes of at least 4 members (excludes halogenated alkanes) is 32. The van der Waals surface area contributed by atoms with Gasteiger partial charge in [-0.05, 0) is 124 Å². The van der Waals surface area contributed by atoms with Crippen molar-refractivity contribution in [2.75, 3.05) is 13.1 Å². The molecule has 107 heavy (non-hydrogen) atoms. The Kier molecular flexibility index (Phi) is 32.0. The number of aryl methyl sites for hydroxylation is 2. The number of fused-ring (bicyclic) bond motifs is 4. The Bertz CT molecular complexity index is 4450. The van der Waals surface area contributed by atoms with E-state index in [9.17, 15) is 0 Å². The molecule has 2 atom stereocenters. The summed E-state index contributed by atoms with van der Waals surface area (Å²) in [6, 6.07) is 25.6. The quantitative estimate of drug-likeness (QED) is 0.0356. The van der Waals surface area contributed by atoms with Crippen LogP contribution in [0.1, 0.15) is 304 Å². The van der Waals surface area contributed by atoms with Crippen molar-refractivity contribution in [1.29, 1.82) is 0 Å². The summed E-state index contributed by atoms with van der Waals surface area (Å²) in [4.78, 5) is 48.9. The Morgan fingerprint density at radius 3 is 0.944 bits per heavy atom. The molecule has 2 unspecified atom stereocenters. The van der Waals surface area contributed by atoms with Gasteiger partial charge in [0.25, 0.3) is 11.8 Å². The average molecular weight is 1610 g/mol. The van der Waals surface area contributed by atoms with Gasteiger partial charge >= 0.3 is 0 Å². The zero-order chi connectivity index (χ0) is 74.4. The second-order valence-electron chi connectivity index (χ2n) is 30.9. The second-order valence-corrected chi connectivity index (χ2v) is 40.5. The fourth-order valence-corrected chi connectivity index (χ4v) is 25.9. The van der Waals surface area contributed by atoms with E-state index in [0.717, 1.165) is 97.2 Å². The Morgan fingerprint density at radius 2 is 0.607 bits per heavy atom. The normalized spacial score (nSPS) is 14.1. The lowest BCUT2D eigenvalue weighted by molar-refractivity contribution is -0.124. The molecule has 576 valence electrons. The summed E-state index contributed by atoms with van der Waals surface area (Å²) >= 11 is 14.3. The van der Waals surface area contributed by atoms with Gasteiger partial charge in [0.05, 0.1) is 55.1 Å². The minimum Gasteiger partial charge on any atom is -0.306 e. The summed E-state index contributed by atoms with van der Waals surface area (Å²) < 4.78 is 47.6. The first-order valence-corrected chi connectivity index (χ1v) is 48.9. The van der Waals surface area contributed by atoms with Crippen LogP contribution in [0.15, 0.2) is 83.9 Å². The van der Waals surface area contributed by atoms with Crippen LogP contribution >= 0.6 is 102 Å². The summed E-state index contributed by atoms with van der Waals surface area (Å²) in [5.41, 5.74) is 4.02. The van der Waals surface area contributed by atoms with Gasteiger partial charge in [0, 0.05) is 80.7 Å². The maximum Gasteiger partial charge on any atom is 0.261 e. The molecule has 1 aromatic carbocycles. The molecule has 11 heterocycles. The molecule has 17 heteroatoms. The van der Waals surface area contributed by atoms with Crippen LogP contribution in [0.5, 0.6) is 0 Å². The standard InChI is InChI=1S/C90H116F2N4O2S9/c1-7-11-15-19-23-27-29-33-37-41-44-63(43-39-35-31-25-21-17-13-9-3)59-95-87(70-48-47-61(5)99-70)81-82(90(95)98)88(96(89(81)97)60-64(45-40-36-32-26-22-18-14-10-4)46-42-38-34-30-28-24-20-16-12-8-2)71-54-51-67(103-71)75-58-78-77(106-75)57-74(105-78)66-50-53-69(102-66)80-84(92)83(91)79(85-86(80)94-107-93-85)68-52-49-65(101-68)73-56-76-72(104-73)55-62(6)100-76/h47-58,63-64H,7-46,59-60H2,1-6H3. The molecule has 0 bridgehead atoms. The van der Waals surface area contributed by atoms with Crippen molar-refractivity contribution in [3.8, 4) is 50.1 Å². The smallest absolute Gasteiger partial charge is 0.261 e. The van der Waals surface area contributed by atoms with E-state index >= 15 is 18.4 Å². The third-order valence-electron chi connectivity index (χ3n) is 22.3. The third-order valence-corrected chi connectivity index (χ3v) is 32.2. The average Bonchev–Trinajstić information content (AvgIpc) is 1.55. The first kappa shape index (κ1) is 81.9. The molecule has 0 N–H and O–H groups in total. The van der Waals surface area contributed by atoms with Crippen molar-refractivity contribution in [3.05, 3.63) is 115 Å². The molecule has 0 saturated carbocycles. The molecule has 9 aromatic heterocycles. The van der Waals surface area contributed by atoms with Crippen LogP contribution in [0.25, 0.3) is 91.4 Å². The molecular formula is C90H116F2N4O2S9. The van der Waals surface area contributed by atoms with Gasteiger partial charge in [-0.25, -0.2) is 8.78 Å². The van der Waals surface area contributed by atoms with Gasteiger partial charge in [-0.3, -0.25) is 9.59 Å². The van der Waals surface area contributed by atoms with Crippen LogP contribution in [-0.2, 0) is 9.59 Å². The topological polar surface area (TPSA) is 66.4 Å². The molecule has 0 radical (unpaired) electrons. The Hall–Kier alpha value is -4.56. The number of rotatable bonds is 51. The number of thiophene rings is 8. The summed E-state index contributed by atoms with van der Waals surface area (Å²) in [7, 11) is 0. The number of carbonyl (C=O) groups is 2. The number of hydrogen-bond donors (Lipinski definition) is 0. The van der Waals surface area contributed by atoms with Gasteiger partial charge in [-0.15, -0.1) is 90.7 Å². The molecule has 0 aliphatic carbocycles. The lowest BCUT2D eigenvalue weighted by Crippen LogP contribution is -2.34. The molecule has 2 amide bonds. The van der Waals surface area contributed by atoms with Gasteiger partial charge in [0.15, 0.2) is 11.6 Å². The van der Waals surface area contributed by atoms with Crippen molar-refractivity contribution < 1.29 is 18.4 Å². The third kappa shape index (κ3) is 21.2. The first-order valence-electron chi connectivity index (χ1n) is 41.6. The highest BCUT2D eigenvalue weighted by atomic mass is 32.1. The van der Waals surface area contributed by atoms with Crippen molar-refractivity contribution in [2.24, 2.45) is 11.8 Å². The number of nitrogens with zero attached hydrogens (tertiary/aromatic N) is 4. The van der Waals surface area contributed by atoms with Gasteiger partial charge in [-0.2, -0.15) is 8.75 Å². The SMILES string of the molecule is CCCCCCCCCCCCC(CCCCCCCCCC)CN1C(=O)C2=C(c3ccc(-c4cc5sc(-c6ccc(-c7c(F)c(F)c(-c8ccc(-c9cc%10sc(C)cc%10s9)s8)c8nsnc78)s6)cc5s4)s3)N(CC(CCCCCCCCCC)CCCCCCCCCCCC)C(=O)C2=C1c1ccc(C)s1. The minimum absolute atomic E-state index is 0.00967. The fraction of sp³-hybridized carbons (Fsp3) is 0.556. The fourth-order valence-electron chi connectivity index (χ4n) is 16.3. The molecule has 2 aliphatic heterocycles. The molecular weight excluding hydrogens is 1500 g/mol. The monoisotopic (exact) mass is 1610 g/mol. The number of halogens is 2. The van der Waals surface area contributed by atoms with Crippen LogP contribution in [-0.4, -0.2) is 43.5 Å². The Balaban J connectivity index is 0.825. The predicted molar refractivity (Wildman–Crippen MR) is 470 cm³/mol. The van der Waals surface area contributed by atoms with E-state index in [0.29, 0.717) is 56.9 Å². The molecule has 12 rings (SSSR count). The van der Waals surface area contributed by atoms with Gasteiger partial charge in [0.2, 0.25) is 0 Å². The number of aromatic nitrogens is 2. The molecule has 6 nitrogen and oxygen atoms in total. The lowest BCUT2D eigenvalue weighted by Gasteiger charge is -2.29. The van der Waals surface area contributed by atoms with E-state index in [1.165, 1.54) is 273 Å². The molecule has 0 saturated heterocycles. The van der Waals surface area contributed by atoms with Gasteiger partial charge in [0.1, 0.15) is 11.0 Å². The highest BCUT2D eigenvalue weighted by molar-refractivity contribution is 7.34. The van der Waals surface area contributed by atoms with Crippen molar-refractivity contribution in [1.82, 2.24) is 18.5 Å². The maximum absolute atomic E-state index is 16.8. The number of carbonyl (C=O) groups excluding carboxylic acids is 2. The van der Waals surface area contributed by atoms with E-state index in [1.807, 2.05) is 24.3 Å². The predicted octanol–water partition coefficient (Wildman–Crippen LogP) is 32.4.